The van der Waals surface area contributed by atoms with E-state index < -0.39 is 15.9 Å². The average molecular weight is 359 g/mol. The number of nitrogens with one attached hydrogen (secondary N) is 1. The van der Waals surface area contributed by atoms with E-state index in [9.17, 15) is 18.3 Å². The number of likely N-dealkylation sites (N-methyl/N-ethyl adjacent to an activating group) is 1. The number of nitrogens with zero attached hydrogens (tertiary/aromatic N) is 2. The molecule has 25 heavy (non-hydrogen) atoms. The highest BCUT2D eigenvalue weighted by molar-refractivity contribution is 7.90. The number of phenols is 1. The van der Waals surface area contributed by atoms with Gasteiger partial charge in [-0.05, 0) is 36.8 Å². The van der Waals surface area contributed by atoms with Crippen LogP contribution in [0.5, 0.6) is 5.75 Å². The Morgan fingerprint density at radius 3 is 2.68 bits per heavy atom. The summed E-state index contributed by atoms with van der Waals surface area (Å²) >= 11 is 0. The molecule has 0 radical (unpaired) electrons. The SMILES string of the molecule is Cc1ccc(NC(=O)CN(C)C2=NS(=O)(=O)c3ccccc32)c(O)c1. The second-order valence-corrected chi connectivity index (χ2v) is 7.38. The molecule has 3 rings (SSSR count). The summed E-state index contributed by atoms with van der Waals surface area (Å²) in [5.74, 6) is -0.202. The molecular formula is C17H17N3O4S. The average Bonchev–Trinajstić information content (AvgIpc) is 2.82. The Morgan fingerprint density at radius 2 is 1.96 bits per heavy atom. The summed E-state index contributed by atoms with van der Waals surface area (Å²) in [5.41, 5.74) is 1.64. The van der Waals surface area contributed by atoms with Gasteiger partial charge >= 0.3 is 0 Å². The van der Waals surface area contributed by atoms with Crippen LogP contribution in [0.15, 0.2) is 51.8 Å². The minimum atomic E-state index is -3.73. The van der Waals surface area contributed by atoms with Gasteiger partial charge in [-0.15, -0.1) is 4.40 Å². The van der Waals surface area contributed by atoms with Crippen molar-refractivity contribution in [1.29, 1.82) is 0 Å². The van der Waals surface area contributed by atoms with Gasteiger partial charge in [0.2, 0.25) is 5.91 Å². The molecule has 1 heterocycles. The molecule has 1 aliphatic rings. The van der Waals surface area contributed by atoms with Gasteiger partial charge in [-0.2, -0.15) is 8.42 Å². The second kappa shape index (κ2) is 6.21. The topological polar surface area (TPSA) is 99.1 Å². The number of rotatable bonds is 3. The standard InChI is InChI=1S/C17H17N3O4S/c1-11-7-8-13(14(21)9-11)18-16(22)10-20(2)17-12-5-3-4-6-15(12)25(23,24)19-17/h3-9,21H,10H2,1-2H3,(H,18,22). The Hall–Kier alpha value is -2.87. The maximum absolute atomic E-state index is 12.2. The van der Waals surface area contributed by atoms with Crippen molar-refractivity contribution in [3.05, 3.63) is 53.6 Å². The van der Waals surface area contributed by atoms with Gasteiger partial charge in [-0.3, -0.25) is 4.79 Å². The van der Waals surface area contributed by atoms with Crippen LogP contribution in [-0.2, 0) is 14.8 Å². The van der Waals surface area contributed by atoms with Gasteiger partial charge in [-0.25, -0.2) is 0 Å². The van der Waals surface area contributed by atoms with Crippen molar-refractivity contribution >= 4 is 27.5 Å². The third-order valence-corrected chi connectivity index (χ3v) is 5.11. The van der Waals surface area contributed by atoms with E-state index in [0.717, 1.165) is 5.56 Å². The summed E-state index contributed by atoms with van der Waals surface area (Å²) in [6, 6.07) is 11.4. The number of amidine groups is 1. The molecule has 0 unspecified atom stereocenters. The number of phenolic OH excluding ortho intramolecular Hbond substituents is 1. The lowest BCUT2D eigenvalue weighted by atomic mass is 10.2. The molecule has 2 aromatic carbocycles. The first kappa shape index (κ1) is 17.0. The molecule has 0 fully saturated rings. The summed E-state index contributed by atoms with van der Waals surface area (Å²) in [7, 11) is -2.14. The Balaban J connectivity index is 1.77. The number of hydrogen-bond acceptors (Lipinski definition) is 5. The molecular weight excluding hydrogens is 342 g/mol. The first-order valence-electron chi connectivity index (χ1n) is 7.53. The van der Waals surface area contributed by atoms with Crippen LogP contribution >= 0.6 is 0 Å². The lowest BCUT2D eigenvalue weighted by Gasteiger charge is -2.18. The predicted molar refractivity (Wildman–Crippen MR) is 94.3 cm³/mol. The molecule has 1 amide bonds. The van der Waals surface area contributed by atoms with Crippen LogP contribution in [0.3, 0.4) is 0 Å². The fourth-order valence-corrected chi connectivity index (χ4v) is 3.84. The summed E-state index contributed by atoms with van der Waals surface area (Å²) in [5, 5.41) is 12.5. The van der Waals surface area contributed by atoms with E-state index in [0.29, 0.717) is 11.3 Å². The Bertz CT molecular complexity index is 983. The Morgan fingerprint density at radius 1 is 1.24 bits per heavy atom. The minimum absolute atomic E-state index is 0.0258. The Kier molecular flexibility index (Phi) is 4.22. The lowest BCUT2D eigenvalue weighted by Crippen LogP contribution is -2.34. The highest BCUT2D eigenvalue weighted by Gasteiger charge is 2.30. The van der Waals surface area contributed by atoms with Crippen molar-refractivity contribution in [1.82, 2.24) is 4.90 Å². The summed E-state index contributed by atoms with van der Waals surface area (Å²) in [6.07, 6.45) is 0. The van der Waals surface area contributed by atoms with Crippen molar-refractivity contribution < 1.29 is 18.3 Å². The summed E-state index contributed by atoms with van der Waals surface area (Å²) in [4.78, 5) is 13.8. The highest BCUT2D eigenvalue weighted by Crippen LogP contribution is 2.27. The van der Waals surface area contributed by atoms with Crippen LogP contribution in [0.4, 0.5) is 5.69 Å². The zero-order valence-electron chi connectivity index (χ0n) is 13.7. The number of anilines is 1. The van der Waals surface area contributed by atoms with E-state index in [1.165, 1.54) is 11.0 Å². The van der Waals surface area contributed by atoms with E-state index in [4.69, 9.17) is 0 Å². The number of benzene rings is 2. The zero-order chi connectivity index (χ0) is 18.2. The van der Waals surface area contributed by atoms with E-state index >= 15 is 0 Å². The largest absolute Gasteiger partial charge is 0.506 e. The number of carbonyl (C=O) groups is 1. The second-order valence-electron chi connectivity index (χ2n) is 5.81. The molecule has 0 saturated heterocycles. The van der Waals surface area contributed by atoms with Gasteiger partial charge in [0.1, 0.15) is 10.6 Å². The number of carbonyl (C=O) groups excluding carboxylic acids is 1. The molecule has 2 aromatic rings. The fourth-order valence-electron chi connectivity index (χ4n) is 2.59. The maximum Gasteiger partial charge on any atom is 0.285 e. The molecule has 7 nitrogen and oxygen atoms in total. The quantitative estimate of drug-likeness (QED) is 0.813. The number of aromatic hydroxyl groups is 1. The van der Waals surface area contributed by atoms with E-state index in [2.05, 4.69) is 9.71 Å². The van der Waals surface area contributed by atoms with E-state index in [1.807, 2.05) is 6.92 Å². The molecule has 0 aromatic heterocycles. The first-order chi connectivity index (χ1) is 11.8. The highest BCUT2D eigenvalue weighted by atomic mass is 32.2. The van der Waals surface area contributed by atoms with Gasteiger partial charge in [0.05, 0.1) is 12.2 Å². The van der Waals surface area contributed by atoms with Crippen LogP contribution in [0.1, 0.15) is 11.1 Å². The smallest absolute Gasteiger partial charge is 0.285 e. The maximum atomic E-state index is 12.2. The molecule has 2 N–H and O–H groups in total. The summed E-state index contributed by atoms with van der Waals surface area (Å²) in [6.45, 7) is 1.71. The van der Waals surface area contributed by atoms with E-state index in [-0.39, 0.29) is 23.0 Å². The van der Waals surface area contributed by atoms with Crippen LogP contribution in [0.2, 0.25) is 0 Å². The molecule has 0 spiro atoms. The van der Waals surface area contributed by atoms with Crippen molar-refractivity contribution in [2.24, 2.45) is 4.40 Å². The molecule has 0 atom stereocenters. The molecule has 130 valence electrons. The van der Waals surface area contributed by atoms with Crippen LogP contribution in [0, 0.1) is 6.92 Å². The number of amides is 1. The number of fused-ring (bicyclic) bond motifs is 1. The van der Waals surface area contributed by atoms with Crippen LogP contribution in [-0.4, -0.2) is 43.8 Å². The monoisotopic (exact) mass is 359 g/mol. The zero-order valence-corrected chi connectivity index (χ0v) is 14.5. The van der Waals surface area contributed by atoms with Crippen molar-refractivity contribution in [3.63, 3.8) is 0 Å². The third kappa shape index (κ3) is 3.34. The minimum Gasteiger partial charge on any atom is -0.506 e. The van der Waals surface area contributed by atoms with Crippen LogP contribution < -0.4 is 5.32 Å². The molecule has 0 aliphatic carbocycles. The van der Waals surface area contributed by atoms with Gasteiger partial charge in [-0.1, -0.05) is 18.2 Å². The number of aryl methyl sites for hydroxylation is 1. The normalized spacial score (nSPS) is 14.6. The van der Waals surface area contributed by atoms with Gasteiger partial charge in [0.15, 0.2) is 5.84 Å². The van der Waals surface area contributed by atoms with Crippen molar-refractivity contribution in [2.45, 2.75) is 11.8 Å². The summed E-state index contributed by atoms with van der Waals surface area (Å²) < 4.78 is 27.9. The molecule has 8 heteroatoms. The van der Waals surface area contributed by atoms with Crippen LogP contribution in [0.25, 0.3) is 0 Å². The molecule has 0 saturated carbocycles. The predicted octanol–water partition coefficient (Wildman–Crippen LogP) is 1.72. The molecule has 0 bridgehead atoms. The van der Waals surface area contributed by atoms with Gasteiger partial charge in [0, 0.05) is 12.6 Å². The van der Waals surface area contributed by atoms with Crippen molar-refractivity contribution in [2.75, 3.05) is 18.9 Å². The first-order valence-corrected chi connectivity index (χ1v) is 8.97. The van der Waals surface area contributed by atoms with E-state index in [1.54, 1.807) is 43.4 Å². The number of sulfonamides is 1. The Labute approximate surface area is 145 Å². The number of hydrogen-bond donors (Lipinski definition) is 2. The third-order valence-electron chi connectivity index (χ3n) is 3.78. The van der Waals surface area contributed by atoms with Gasteiger partial charge in [0.25, 0.3) is 10.0 Å². The van der Waals surface area contributed by atoms with Gasteiger partial charge < -0.3 is 15.3 Å². The molecule has 1 aliphatic heterocycles. The van der Waals surface area contributed by atoms with Crippen molar-refractivity contribution in [3.8, 4) is 5.75 Å². The fraction of sp³-hybridized carbons (Fsp3) is 0.176. The lowest BCUT2D eigenvalue weighted by molar-refractivity contribution is -0.116.